The molecule has 0 radical (unpaired) electrons. The van der Waals surface area contributed by atoms with Crippen molar-refractivity contribution < 1.29 is 23.3 Å². The third-order valence-electron chi connectivity index (χ3n) is 4.53. The van der Waals surface area contributed by atoms with Crippen molar-refractivity contribution in [1.82, 2.24) is 10.6 Å². The van der Waals surface area contributed by atoms with Crippen molar-refractivity contribution in [2.24, 2.45) is 0 Å². The third-order valence-corrected chi connectivity index (χ3v) is 4.53. The van der Waals surface area contributed by atoms with Crippen LogP contribution in [0.4, 0.5) is 0 Å². The molecule has 0 aromatic carbocycles. The highest BCUT2D eigenvalue weighted by atomic mass is 16.5. The molecule has 0 saturated carbocycles. The highest BCUT2D eigenvalue weighted by Crippen LogP contribution is 2.01. The Morgan fingerprint density at radius 2 is 1.15 bits per heavy atom. The van der Waals surface area contributed by atoms with E-state index in [-0.39, 0.29) is 11.8 Å². The van der Waals surface area contributed by atoms with Gasteiger partial charge in [-0.3, -0.25) is 9.59 Å². The summed E-state index contributed by atoms with van der Waals surface area (Å²) in [5.74, 6) is -0.236. The fourth-order valence-electron chi connectivity index (χ4n) is 2.53. The summed E-state index contributed by atoms with van der Waals surface area (Å²) in [7, 11) is 8.71. The largest absolute Gasteiger partial charge is 0.370 e. The first-order valence-electron chi connectivity index (χ1n) is 9.64. The molecular formula is C20H40N4O3+2. The van der Waals surface area contributed by atoms with E-state index in [0.717, 1.165) is 61.2 Å². The van der Waals surface area contributed by atoms with E-state index in [1.165, 1.54) is 12.2 Å². The number of likely N-dealkylation sites (N-methyl/N-ethyl adjacent to an activating group) is 2. The van der Waals surface area contributed by atoms with Gasteiger partial charge < -0.3 is 24.3 Å². The summed E-state index contributed by atoms with van der Waals surface area (Å²) in [6.45, 7) is 13.5. The first-order valence-corrected chi connectivity index (χ1v) is 9.64. The molecule has 0 bridgehead atoms. The van der Waals surface area contributed by atoms with Crippen LogP contribution in [0.15, 0.2) is 25.3 Å². The molecule has 0 saturated heterocycles. The van der Waals surface area contributed by atoms with E-state index in [1.807, 2.05) is 0 Å². The van der Waals surface area contributed by atoms with Crippen molar-refractivity contribution in [3.8, 4) is 0 Å². The molecule has 0 rings (SSSR count). The molecule has 0 aliphatic heterocycles. The highest BCUT2D eigenvalue weighted by Gasteiger charge is 2.16. The second-order valence-corrected chi connectivity index (χ2v) is 8.08. The van der Waals surface area contributed by atoms with E-state index in [4.69, 9.17) is 4.74 Å². The maximum Gasteiger partial charge on any atom is 0.243 e. The predicted octanol–water partition coefficient (Wildman–Crippen LogP) is 0.540. The Balaban J connectivity index is 3.79. The summed E-state index contributed by atoms with van der Waals surface area (Å²) in [5.41, 5.74) is 0. The van der Waals surface area contributed by atoms with E-state index < -0.39 is 0 Å². The summed E-state index contributed by atoms with van der Waals surface area (Å²) < 4.78 is 7.56. The molecule has 2 amide bonds. The van der Waals surface area contributed by atoms with Gasteiger partial charge in [0.05, 0.1) is 54.5 Å². The molecular weight excluding hydrogens is 344 g/mol. The SMILES string of the molecule is C=CC(=O)NCCC[N+](C)(C)CCOCC[N+](C)(C)CCCNC(=O)C=C. The highest BCUT2D eigenvalue weighted by molar-refractivity contribution is 5.87. The molecule has 7 heteroatoms. The zero-order valence-electron chi connectivity index (χ0n) is 17.8. The smallest absolute Gasteiger partial charge is 0.243 e. The van der Waals surface area contributed by atoms with Gasteiger partial charge in [-0.2, -0.15) is 0 Å². The number of amides is 2. The van der Waals surface area contributed by atoms with Crippen molar-refractivity contribution in [2.75, 3.05) is 80.7 Å². The number of nitrogens with one attached hydrogen (secondary N) is 2. The van der Waals surface area contributed by atoms with Crippen LogP contribution < -0.4 is 10.6 Å². The molecule has 0 aliphatic rings. The van der Waals surface area contributed by atoms with Gasteiger partial charge in [-0.05, 0) is 12.2 Å². The molecule has 0 fully saturated rings. The molecule has 27 heavy (non-hydrogen) atoms. The van der Waals surface area contributed by atoms with Crippen molar-refractivity contribution in [2.45, 2.75) is 12.8 Å². The number of carbonyl (C=O) groups excluding carboxylic acids is 2. The van der Waals surface area contributed by atoms with Crippen LogP contribution >= 0.6 is 0 Å². The van der Waals surface area contributed by atoms with Crippen LogP contribution in [0, 0.1) is 0 Å². The Bertz CT molecular complexity index is 434. The van der Waals surface area contributed by atoms with Gasteiger partial charge in [0.25, 0.3) is 0 Å². The van der Waals surface area contributed by atoms with Gasteiger partial charge in [0.15, 0.2) is 0 Å². The second-order valence-electron chi connectivity index (χ2n) is 8.08. The van der Waals surface area contributed by atoms with Gasteiger partial charge in [-0.25, -0.2) is 0 Å². The van der Waals surface area contributed by atoms with Crippen LogP contribution in [0.5, 0.6) is 0 Å². The van der Waals surface area contributed by atoms with Gasteiger partial charge in [-0.15, -0.1) is 0 Å². The summed E-state index contributed by atoms with van der Waals surface area (Å²) >= 11 is 0. The number of nitrogens with zero attached hydrogens (tertiary/aromatic N) is 2. The van der Waals surface area contributed by atoms with Crippen LogP contribution in [-0.4, -0.2) is 101 Å². The fourth-order valence-corrected chi connectivity index (χ4v) is 2.53. The van der Waals surface area contributed by atoms with E-state index in [1.54, 1.807) is 0 Å². The minimum absolute atomic E-state index is 0.118. The lowest BCUT2D eigenvalue weighted by Gasteiger charge is -2.31. The molecule has 0 spiro atoms. The number of rotatable bonds is 16. The normalized spacial score (nSPS) is 11.7. The second kappa shape index (κ2) is 13.5. The molecule has 0 aromatic heterocycles. The van der Waals surface area contributed by atoms with Crippen LogP contribution in [0.25, 0.3) is 0 Å². The number of ether oxygens (including phenoxy) is 1. The molecule has 0 atom stereocenters. The third kappa shape index (κ3) is 15.1. The Labute approximate surface area is 165 Å². The Morgan fingerprint density at radius 1 is 0.778 bits per heavy atom. The molecule has 0 aliphatic carbocycles. The van der Waals surface area contributed by atoms with Crippen LogP contribution in [0.2, 0.25) is 0 Å². The van der Waals surface area contributed by atoms with Crippen molar-refractivity contribution in [1.29, 1.82) is 0 Å². The maximum atomic E-state index is 11.1. The lowest BCUT2D eigenvalue weighted by atomic mass is 10.3. The van der Waals surface area contributed by atoms with Gasteiger partial charge in [0.1, 0.15) is 13.1 Å². The van der Waals surface area contributed by atoms with Crippen molar-refractivity contribution in [3.63, 3.8) is 0 Å². The minimum Gasteiger partial charge on any atom is -0.370 e. The molecule has 2 N–H and O–H groups in total. The van der Waals surface area contributed by atoms with Crippen molar-refractivity contribution in [3.05, 3.63) is 25.3 Å². The van der Waals surface area contributed by atoms with Gasteiger partial charge in [-0.1, -0.05) is 13.2 Å². The Kier molecular flexibility index (Phi) is 12.6. The molecule has 156 valence electrons. The van der Waals surface area contributed by atoms with Crippen molar-refractivity contribution >= 4 is 11.8 Å². The van der Waals surface area contributed by atoms with E-state index in [2.05, 4.69) is 52.0 Å². The molecule has 0 aromatic rings. The fraction of sp³-hybridized carbons (Fsp3) is 0.700. The van der Waals surface area contributed by atoms with Gasteiger partial charge in [0.2, 0.25) is 11.8 Å². The van der Waals surface area contributed by atoms with E-state index in [0.29, 0.717) is 13.1 Å². The van der Waals surface area contributed by atoms with Crippen LogP contribution in [-0.2, 0) is 14.3 Å². The topological polar surface area (TPSA) is 67.4 Å². The lowest BCUT2D eigenvalue weighted by molar-refractivity contribution is -0.894. The van der Waals surface area contributed by atoms with Crippen LogP contribution in [0.3, 0.4) is 0 Å². The minimum atomic E-state index is -0.118. The standard InChI is InChI=1S/C20H38N4O3/c1-7-19(25)21-11-9-13-23(3,4)15-17-27-18-16-24(5,6)14-10-12-22-20(26)8-2/h7-8H,1-2,9-18H2,3-6H3/p+2. The lowest BCUT2D eigenvalue weighted by Crippen LogP contribution is -2.46. The Morgan fingerprint density at radius 3 is 1.48 bits per heavy atom. The average Bonchev–Trinajstić information content (AvgIpc) is 2.61. The quantitative estimate of drug-likeness (QED) is 0.232. The Hall–Kier alpha value is -1.70. The number of hydrogen-bond donors (Lipinski definition) is 2. The van der Waals surface area contributed by atoms with Crippen LogP contribution in [0.1, 0.15) is 12.8 Å². The summed E-state index contributed by atoms with van der Waals surface area (Å²) in [4.78, 5) is 22.2. The molecule has 0 unspecified atom stereocenters. The molecule has 0 heterocycles. The molecule has 7 nitrogen and oxygen atoms in total. The number of hydrogen-bond acceptors (Lipinski definition) is 3. The van der Waals surface area contributed by atoms with Gasteiger partial charge >= 0.3 is 0 Å². The number of quaternary nitrogens is 2. The zero-order valence-corrected chi connectivity index (χ0v) is 17.8. The summed E-state index contributed by atoms with van der Waals surface area (Å²) in [6, 6.07) is 0. The first kappa shape index (κ1) is 25.3. The number of carbonyl (C=O) groups is 2. The summed E-state index contributed by atoms with van der Waals surface area (Å²) in [5, 5.41) is 5.60. The summed E-state index contributed by atoms with van der Waals surface area (Å²) in [6.07, 6.45) is 4.45. The van der Waals surface area contributed by atoms with E-state index in [9.17, 15) is 9.59 Å². The monoisotopic (exact) mass is 384 g/mol. The first-order chi connectivity index (χ1) is 12.6. The van der Waals surface area contributed by atoms with Gasteiger partial charge in [0, 0.05) is 25.9 Å². The maximum absolute atomic E-state index is 11.1. The average molecular weight is 385 g/mol. The van der Waals surface area contributed by atoms with E-state index >= 15 is 0 Å². The zero-order chi connectivity index (χ0) is 20.8. The predicted molar refractivity (Wildman–Crippen MR) is 110 cm³/mol.